The van der Waals surface area contributed by atoms with Gasteiger partial charge in [0.25, 0.3) is 0 Å². The topological polar surface area (TPSA) is 12.9 Å². The molecular weight excluding hydrogens is 178 g/mol. The second-order valence-electron chi connectivity index (χ2n) is 2.78. The molecule has 0 atom stereocenters. The van der Waals surface area contributed by atoms with Crippen LogP contribution in [0, 0.1) is 12.3 Å². The standard InChI is InChI=1S/C11H9NS/c1-2-3-8-11-12-9-6-4-5-7-10(9)13-11/h1,4-7H,3,8H2. The minimum absolute atomic E-state index is 0.778. The molecule has 0 radical (unpaired) electrons. The summed E-state index contributed by atoms with van der Waals surface area (Å²) in [5.74, 6) is 2.63. The van der Waals surface area contributed by atoms with Gasteiger partial charge in [0, 0.05) is 12.8 Å². The zero-order valence-corrected chi connectivity index (χ0v) is 7.97. The SMILES string of the molecule is C#CCCc1nc2ccccc2s1. The first-order valence-electron chi connectivity index (χ1n) is 4.18. The second-order valence-corrected chi connectivity index (χ2v) is 3.89. The molecule has 2 heteroatoms. The summed E-state index contributed by atoms with van der Waals surface area (Å²) < 4.78 is 1.24. The highest BCUT2D eigenvalue weighted by atomic mass is 32.1. The van der Waals surface area contributed by atoms with Crippen LogP contribution < -0.4 is 0 Å². The normalized spacial score (nSPS) is 10.1. The van der Waals surface area contributed by atoms with E-state index in [1.54, 1.807) is 11.3 Å². The van der Waals surface area contributed by atoms with Crippen LogP contribution in [0.1, 0.15) is 11.4 Å². The Kier molecular flexibility index (Phi) is 2.29. The highest BCUT2D eigenvalue weighted by Gasteiger charge is 2.00. The molecule has 0 N–H and O–H groups in total. The first-order chi connectivity index (χ1) is 6.40. The lowest BCUT2D eigenvalue weighted by Gasteiger charge is -1.85. The molecule has 0 saturated heterocycles. The number of terminal acetylenes is 1. The number of thiazole rings is 1. The van der Waals surface area contributed by atoms with Gasteiger partial charge in [0.1, 0.15) is 0 Å². The van der Waals surface area contributed by atoms with Crippen molar-refractivity contribution in [1.29, 1.82) is 0 Å². The average molecular weight is 187 g/mol. The Bertz CT molecular complexity index is 417. The van der Waals surface area contributed by atoms with Crippen LogP contribution >= 0.6 is 11.3 Å². The van der Waals surface area contributed by atoms with E-state index in [0.717, 1.165) is 23.4 Å². The molecule has 0 bridgehead atoms. The number of nitrogens with zero attached hydrogens (tertiary/aromatic N) is 1. The number of hydrogen-bond donors (Lipinski definition) is 0. The lowest BCUT2D eigenvalue weighted by atomic mass is 10.3. The van der Waals surface area contributed by atoms with Gasteiger partial charge in [0.15, 0.2) is 0 Å². The van der Waals surface area contributed by atoms with E-state index in [-0.39, 0.29) is 0 Å². The summed E-state index contributed by atoms with van der Waals surface area (Å²) in [6.45, 7) is 0. The summed E-state index contributed by atoms with van der Waals surface area (Å²) in [4.78, 5) is 4.47. The van der Waals surface area contributed by atoms with Gasteiger partial charge < -0.3 is 0 Å². The van der Waals surface area contributed by atoms with Gasteiger partial charge in [-0.2, -0.15) is 0 Å². The second kappa shape index (κ2) is 3.59. The van der Waals surface area contributed by atoms with E-state index in [9.17, 15) is 0 Å². The molecule has 13 heavy (non-hydrogen) atoms. The van der Waals surface area contributed by atoms with E-state index in [1.807, 2.05) is 18.2 Å². The summed E-state index contributed by atoms with van der Waals surface area (Å²) in [6.07, 6.45) is 6.87. The third-order valence-electron chi connectivity index (χ3n) is 1.82. The first kappa shape index (κ1) is 8.28. The van der Waals surface area contributed by atoms with E-state index in [2.05, 4.69) is 17.0 Å². The number of benzene rings is 1. The zero-order chi connectivity index (χ0) is 9.10. The molecule has 0 spiro atoms. The molecule has 0 unspecified atom stereocenters. The van der Waals surface area contributed by atoms with Crippen LogP contribution in [0.2, 0.25) is 0 Å². The smallest absolute Gasteiger partial charge is 0.0948 e. The van der Waals surface area contributed by atoms with Gasteiger partial charge >= 0.3 is 0 Å². The van der Waals surface area contributed by atoms with Crippen molar-refractivity contribution in [3.8, 4) is 12.3 Å². The molecule has 1 nitrogen and oxygen atoms in total. The maximum absolute atomic E-state index is 5.20. The number of aromatic nitrogens is 1. The number of para-hydroxylation sites is 1. The zero-order valence-electron chi connectivity index (χ0n) is 7.16. The lowest BCUT2D eigenvalue weighted by Crippen LogP contribution is -1.79. The van der Waals surface area contributed by atoms with Crippen molar-refractivity contribution in [2.45, 2.75) is 12.8 Å². The molecule has 1 aromatic heterocycles. The van der Waals surface area contributed by atoms with Crippen LogP contribution in [0.3, 0.4) is 0 Å². The first-order valence-corrected chi connectivity index (χ1v) is 5.00. The molecular formula is C11H9NS. The van der Waals surface area contributed by atoms with Gasteiger partial charge in [-0.1, -0.05) is 12.1 Å². The summed E-state index contributed by atoms with van der Waals surface area (Å²) in [5.41, 5.74) is 1.08. The largest absolute Gasteiger partial charge is 0.241 e. The van der Waals surface area contributed by atoms with Gasteiger partial charge in [-0.3, -0.25) is 0 Å². The van der Waals surface area contributed by atoms with Crippen molar-refractivity contribution in [2.75, 3.05) is 0 Å². The van der Waals surface area contributed by atoms with E-state index in [4.69, 9.17) is 6.42 Å². The maximum atomic E-state index is 5.20. The van der Waals surface area contributed by atoms with Crippen molar-refractivity contribution in [3.05, 3.63) is 29.3 Å². The highest BCUT2D eigenvalue weighted by molar-refractivity contribution is 7.18. The fourth-order valence-electron chi connectivity index (χ4n) is 1.21. The van der Waals surface area contributed by atoms with Crippen LogP contribution in [0.25, 0.3) is 10.2 Å². The number of aryl methyl sites for hydroxylation is 1. The quantitative estimate of drug-likeness (QED) is 0.659. The molecule has 0 saturated carbocycles. The van der Waals surface area contributed by atoms with Gasteiger partial charge in [-0.25, -0.2) is 4.98 Å². The summed E-state index contributed by atoms with van der Waals surface area (Å²) in [5, 5.41) is 1.14. The molecule has 2 rings (SSSR count). The van der Waals surface area contributed by atoms with Crippen molar-refractivity contribution in [2.24, 2.45) is 0 Å². The third-order valence-corrected chi connectivity index (χ3v) is 2.92. The minimum atomic E-state index is 0.778. The molecule has 2 aromatic rings. The van der Waals surface area contributed by atoms with Crippen LogP contribution in [0.5, 0.6) is 0 Å². The number of fused-ring (bicyclic) bond motifs is 1. The minimum Gasteiger partial charge on any atom is -0.241 e. The summed E-state index contributed by atoms with van der Waals surface area (Å²) in [6, 6.07) is 8.16. The van der Waals surface area contributed by atoms with Crippen molar-refractivity contribution >= 4 is 21.6 Å². The van der Waals surface area contributed by atoms with Gasteiger partial charge in [0.05, 0.1) is 15.2 Å². The summed E-state index contributed by atoms with van der Waals surface area (Å²) in [7, 11) is 0. The molecule has 1 heterocycles. The van der Waals surface area contributed by atoms with Crippen LogP contribution in [0.4, 0.5) is 0 Å². The molecule has 0 aliphatic heterocycles. The Morgan fingerprint density at radius 3 is 3.00 bits per heavy atom. The fourth-order valence-corrected chi connectivity index (χ4v) is 2.17. The third kappa shape index (κ3) is 1.71. The van der Waals surface area contributed by atoms with E-state index >= 15 is 0 Å². The predicted octanol–water partition coefficient (Wildman–Crippen LogP) is 2.86. The van der Waals surface area contributed by atoms with Crippen molar-refractivity contribution < 1.29 is 0 Å². The Labute approximate surface area is 81.4 Å². The Hall–Kier alpha value is -1.33. The van der Waals surface area contributed by atoms with Gasteiger partial charge in [-0.05, 0) is 12.1 Å². The lowest BCUT2D eigenvalue weighted by molar-refractivity contribution is 1.01. The summed E-state index contributed by atoms with van der Waals surface area (Å²) >= 11 is 1.73. The maximum Gasteiger partial charge on any atom is 0.0948 e. The van der Waals surface area contributed by atoms with Gasteiger partial charge in [0.2, 0.25) is 0 Å². The predicted molar refractivity (Wildman–Crippen MR) is 56.8 cm³/mol. The van der Waals surface area contributed by atoms with E-state index < -0.39 is 0 Å². The van der Waals surface area contributed by atoms with Crippen molar-refractivity contribution in [3.63, 3.8) is 0 Å². The van der Waals surface area contributed by atoms with Crippen LogP contribution in [-0.4, -0.2) is 4.98 Å². The number of hydrogen-bond acceptors (Lipinski definition) is 2. The number of rotatable bonds is 2. The Balaban J connectivity index is 2.34. The molecule has 0 fully saturated rings. The molecule has 64 valence electrons. The van der Waals surface area contributed by atoms with Crippen LogP contribution in [0.15, 0.2) is 24.3 Å². The molecule has 0 aliphatic rings. The Morgan fingerprint density at radius 1 is 1.38 bits per heavy atom. The Morgan fingerprint density at radius 2 is 2.23 bits per heavy atom. The van der Waals surface area contributed by atoms with Gasteiger partial charge in [-0.15, -0.1) is 23.7 Å². The fraction of sp³-hybridized carbons (Fsp3) is 0.182. The van der Waals surface area contributed by atoms with E-state index in [0.29, 0.717) is 0 Å². The molecule has 0 amide bonds. The van der Waals surface area contributed by atoms with Crippen molar-refractivity contribution in [1.82, 2.24) is 4.98 Å². The highest BCUT2D eigenvalue weighted by Crippen LogP contribution is 2.22. The molecule has 0 aliphatic carbocycles. The van der Waals surface area contributed by atoms with E-state index in [1.165, 1.54) is 4.70 Å². The molecule has 1 aromatic carbocycles. The monoisotopic (exact) mass is 187 g/mol. The average Bonchev–Trinajstić information content (AvgIpc) is 2.57. The van der Waals surface area contributed by atoms with Crippen LogP contribution in [-0.2, 0) is 6.42 Å².